The topological polar surface area (TPSA) is 24.1 Å². The maximum Gasteiger partial charge on any atom is 0.0577 e. The van der Waals surface area contributed by atoms with Gasteiger partial charge in [0.15, 0.2) is 0 Å². The van der Waals surface area contributed by atoms with Gasteiger partial charge in [-0.2, -0.15) is 0 Å². The van der Waals surface area contributed by atoms with E-state index < -0.39 is 0 Å². The fraction of sp³-hybridized carbons (Fsp3) is 0.520. The number of nitrogens with one attached hydrogen (secondary N) is 2. The lowest BCUT2D eigenvalue weighted by molar-refractivity contribution is -0.114. The summed E-state index contributed by atoms with van der Waals surface area (Å²) in [5.74, 6) is 2.62. The molecule has 0 heterocycles. The maximum absolute atomic E-state index is 3.87. The fourth-order valence-electron chi connectivity index (χ4n) is 5.61. The van der Waals surface area contributed by atoms with E-state index >= 15 is 0 Å². The number of benzene rings is 2. The highest BCUT2D eigenvalue weighted by Crippen LogP contribution is 2.61. The maximum atomic E-state index is 3.87. The van der Waals surface area contributed by atoms with Gasteiger partial charge < -0.3 is 10.6 Å². The molecule has 3 aliphatic carbocycles. The third kappa shape index (κ3) is 3.70. The van der Waals surface area contributed by atoms with Crippen molar-refractivity contribution in [3.63, 3.8) is 0 Å². The van der Waals surface area contributed by atoms with Crippen LogP contribution in [0.5, 0.6) is 0 Å². The average molecular weight is 363 g/mol. The van der Waals surface area contributed by atoms with Crippen LogP contribution in [0.1, 0.15) is 50.8 Å². The lowest BCUT2D eigenvalue weighted by atomic mass is 9.45. The van der Waals surface area contributed by atoms with Crippen LogP contribution in [-0.2, 0) is 0 Å². The molecule has 0 spiro atoms. The smallest absolute Gasteiger partial charge is 0.0577 e. The third-order valence-corrected chi connectivity index (χ3v) is 7.50. The summed E-state index contributed by atoms with van der Waals surface area (Å²) < 4.78 is 0. The van der Waals surface area contributed by atoms with Crippen molar-refractivity contribution < 1.29 is 0 Å². The molecular weight excluding hydrogens is 328 g/mol. The Morgan fingerprint density at radius 2 is 1.48 bits per heavy atom. The van der Waals surface area contributed by atoms with Gasteiger partial charge in [0.25, 0.3) is 0 Å². The lowest BCUT2D eigenvalue weighted by Crippen LogP contribution is -2.60. The van der Waals surface area contributed by atoms with Crippen molar-refractivity contribution in [2.24, 2.45) is 23.2 Å². The molecule has 0 saturated heterocycles. The third-order valence-electron chi connectivity index (χ3n) is 7.50. The summed E-state index contributed by atoms with van der Waals surface area (Å²) in [7, 11) is 0. The summed E-state index contributed by atoms with van der Waals surface area (Å²) in [5, 5.41) is 7.65. The molecule has 0 amide bonds. The monoisotopic (exact) mass is 362 g/mol. The summed E-state index contributed by atoms with van der Waals surface area (Å²) in [6.45, 7) is 9.43. The molecule has 2 bridgehead atoms. The van der Waals surface area contributed by atoms with Crippen molar-refractivity contribution in [1.82, 2.24) is 10.6 Å². The Labute approximate surface area is 164 Å². The van der Waals surface area contributed by atoms with Gasteiger partial charge in [0, 0.05) is 19.1 Å². The highest BCUT2D eigenvalue weighted by atomic mass is 15.0. The molecule has 2 aromatic rings. The minimum atomic E-state index is 0.255. The Morgan fingerprint density at radius 3 is 2.00 bits per heavy atom. The SMILES string of the molecule is C[C@H]1[C@H](NCCNC(c2ccccc2)c2ccccc2)CC2C[C@@H]1C2(C)C. The normalized spacial score (nSPS) is 28.7. The van der Waals surface area contributed by atoms with Gasteiger partial charge in [-0.25, -0.2) is 0 Å². The Bertz CT molecular complexity index is 685. The first-order chi connectivity index (χ1) is 13.1. The number of rotatable bonds is 7. The molecule has 4 atom stereocenters. The molecule has 1 unspecified atom stereocenters. The highest BCUT2D eigenvalue weighted by Gasteiger charge is 2.55. The van der Waals surface area contributed by atoms with E-state index in [0.717, 1.165) is 30.8 Å². The van der Waals surface area contributed by atoms with Crippen LogP contribution in [-0.4, -0.2) is 19.1 Å². The highest BCUT2D eigenvalue weighted by molar-refractivity contribution is 5.31. The van der Waals surface area contributed by atoms with E-state index in [9.17, 15) is 0 Å². The van der Waals surface area contributed by atoms with E-state index in [1.54, 1.807) is 0 Å². The van der Waals surface area contributed by atoms with Crippen molar-refractivity contribution in [2.75, 3.05) is 13.1 Å². The molecule has 144 valence electrons. The van der Waals surface area contributed by atoms with Crippen LogP contribution in [0.15, 0.2) is 60.7 Å². The molecule has 0 aromatic heterocycles. The molecule has 2 aromatic carbocycles. The van der Waals surface area contributed by atoms with Gasteiger partial charge in [-0.05, 0) is 47.1 Å². The molecule has 27 heavy (non-hydrogen) atoms. The van der Waals surface area contributed by atoms with E-state index in [-0.39, 0.29) is 6.04 Å². The van der Waals surface area contributed by atoms with Crippen molar-refractivity contribution in [3.8, 4) is 0 Å². The molecule has 3 aliphatic rings. The van der Waals surface area contributed by atoms with Crippen molar-refractivity contribution in [2.45, 2.75) is 45.7 Å². The van der Waals surface area contributed by atoms with Crippen LogP contribution in [0.25, 0.3) is 0 Å². The van der Waals surface area contributed by atoms with Gasteiger partial charge in [0.1, 0.15) is 0 Å². The molecule has 2 N–H and O–H groups in total. The summed E-state index contributed by atoms with van der Waals surface area (Å²) in [5.41, 5.74) is 3.23. The minimum Gasteiger partial charge on any atom is -0.312 e. The second-order valence-corrected chi connectivity index (χ2v) is 9.22. The van der Waals surface area contributed by atoms with Gasteiger partial charge in [-0.15, -0.1) is 0 Å². The largest absolute Gasteiger partial charge is 0.312 e. The van der Waals surface area contributed by atoms with E-state index in [2.05, 4.69) is 92.1 Å². The van der Waals surface area contributed by atoms with Crippen LogP contribution in [0, 0.1) is 23.2 Å². The van der Waals surface area contributed by atoms with Crippen molar-refractivity contribution >= 4 is 0 Å². The zero-order valence-electron chi connectivity index (χ0n) is 17.0. The van der Waals surface area contributed by atoms with E-state index in [1.807, 2.05) is 0 Å². The number of hydrogen-bond donors (Lipinski definition) is 2. The van der Waals surface area contributed by atoms with Crippen LogP contribution in [0.4, 0.5) is 0 Å². The first-order valence-corrected chi connectivity index (χ1v) is 10.6. The van der Waals surface area contributed by atoms with E-state index in [4.69, 9.17) is 0 Å². The zero-order chi connectivity index (χ0) is 18.9. The molecule has 0 aliphatic heterocycles. The molecular formula is C25H34N2. The Hall–Kier alpha value is -1.64. The summed E-state index contributed by atoms with van der Waals surface area (Å²) in [4.78, 5) is 0. The quantitative estimate of drug-likeness (QED) is 0.675. The second-order valence-electron chi connectivity index (χ2n) is 9.22. The minimum absolute atomic E-state index is 0.255. The molecule has 2 nitrogen and oxygen atoms in total. The average Bonchev–Trinajstić information content (AvgIpc) is 2.70. The van der Waals surface area contributed by atoms with Gasteiger partial charge in [-0.3, -0.25) is 0 Å². The molecule has 3 saturated carbocycles. The standard InChI is InChI=1S/C25H34N2/c1-18-22-16-21(25(22,2)3)17-23(18)26-14-15-27-24(19-10-6-4-7-11-19)20-12-8-5-9-13-20/h4-13,18,21-24,26-27H,14-17H2,1-3H3/t18-,21?,22+,23-/m1/s1. The van der Waals surface area contributed by atoms with Gasteiger partial charge in [0.2, 0.25) is 0 Å². The summed E-state index contributed by atoms with van der Waals surface area (Å²) in [6.07, 6.45) is 2.81. The number of fused-ring (bicyclic) bond motifs is 2. The number of hydrogen-bond acceptors (Lipinski definition) is 2. The lowest BCUT2D eigenvalue weighted by Gasteiger charge is -2.62. The van der Waals surface area contributed by atoms with Crippen LogP contribution in [0.2, 0.25) is 0 Å². The Kier molecular flexibility index (Phi) is 5.39. The fourth-order valence-corrected chi connectivity index (χ4v) is 5.61. The van der Waals surface area contributed by atoms with Crippen LogP contribution >= 0.6 is 0 Å². The molecule has 5 rings (SSSR count). The van der Waals surface area contributed by atoms with Gasteiger partial charge in [0.05, 0.1) is 6.04 Å². The van der Waals surface area contributed by atoms with Crippen molar-refractivity contribution in [1.29, 1.82) is 0 Å². The van der Waals surface area contributed by atoms with E-state index in [1.165, 1.54) is 24.0 Å². The Morgan fingerprint density at radius 1 is 0.889 bits per heavy atom. The first-order valence-electron chi connectivity index (χ1n) is 10.6. The van der Waals surface area contributed by atoms with E-state index in [0.29, 0.717) is 11.5 Å². The van der Waals surface area contributed by atoms with Crippen molar-refractivity contribution in [3.05, 3.63) is 71.8 Å². The molecule has 2 heteroatoms. The van der Waals surface area contributed by atoms with Gasteiger partial charge in [-0.1, -0.05) is 81.4 Å². The molecule has 0 radical (unpaired) electrons. The molecule has 3 fully saturated rings. The summed E-state index contributed by atoms with van der Waals surface area (Å²) in [6, 6.07) is 22.5. The van der Waals surface area contributed by atoms with Crippen LogP contribution < -0.4 is 10.6 Å². The van der Waals surface area contributed by atoms with Gasteiger partial charge >= 0.3 is 0 Å². The first kappa shape index (κ1) is 18.7. The predicted octanol–water partition coefficient (Wildman–Crippen LogP) is 5.03. The van der Waals surface area contributed by atoms with Crippen LogP contribution in [0.3, 0.4) is 0 Å². The Balaban J connectivity index is 1.33. The summed E-state index contributed by atoms with van der Waals surface area (Å²) >= 11 is 0. The predicted molar refractivity (Wildman–Crippen MR) is 114 cm³/mol. The zero-order valence-corrected chi connectivity index (χ0v) is 17.0. The second kappa shape index (κ2) is 7.77.